The molecule has 3 atom stereocenters. The predicted molar refractivity (Wildman–Crippen MR) is 75.1 cm³/mol. The molecule has 0 spiro atoms. The Bertz CT molecular complexity index is 448. The Morgan fingerprint density at radius 1 is 1.17 bits per heavy atom. The van der Waals surface area contributed by atoms with Crippen LogP contribution in [0.4, 0.5) is 0 Å². The van der Waals surface area contributed by atoms with Gasteiger partial charge < -0.3 is 5.11 Å². The summed E-state index contributed by atoms with van der Waals surface area (Å²) in [5.41, 5.74) is 2.17. The Labute approximate surface area is 110 Å². The largest absolute Gasteiger partial charge is 0.389 e. The first-order chi connectivity index (χ1) is 8.69. The molecular weight excluding hydrogens is 220 g/mol. The number of rotatable bonds is 1. The van der Waals surface area contributed by atoms with E-state index in [4.69, 9.17) is 0 Å². The van der Waals surface area contributed by atoms with Crippen LogP contribution >= 0.6 is 0 Å². The van der Waals surface area contributed by atoms with Crippen LogP contribution in [0.15, 0.2) is 36.4 Å². The molecule has 0 radical (unpaired) electrons. The average molecular weight is 242 g/mol. The lowest BCUT2D eigenvalue weighted by Crippen LogP contribution is -2.45. The Kier molecular flexibility index (Phi) is 3.03. The molecule has 0 bridgehead atoms. The van der Waals surface area contributed by atoms with Gasteiger partial charge in [-0.15, -0.1) is 0 Å². The molecule has 0 amide bonds. The molecule has 1 nitrogen and oxygen atoms in total. The fourth-order valence-electron chi connectivity index (χ4n) is 3.89. The first kappa shape index (κ1) is 12.0. The van der Waals surface area contributed by atoms with Crippen LogP contribution < -0.4 is 0 Å². The molecule has 1 saturated carbocycles. The molecule has 1 aromatic rings. The Balaban J connectivity index is 1.94. The molecule has 3 rings (SSSR count). The van der Waals surface area contributed by atoms with Crippen molar-refractivity contribution >= 4 is 5.57 Å². The number of allylic oxidation sites excluding steroid dienone is 1. The second kappa shape index (κ2) is 4.55. The maximum absolute atomic E-state index is 11.0. The van der Waals surface area contributed by atoms with Crippen molar-refractivity contribution < 1.29 is 5.11 Å². The maximum atomic E-state index is 11.0. The Morgan fingerprint density at radius 3 is 2.72 bits per heavy atom. The van der Waals surface area contributed by atoms with E-state index in [0.717, 1.165) is 12.8 Å². The van der Waals surface area contributed by atoms with Gasteiger partial charge >= 0.3 is 0 Å². The fraction of sp³-hybridized carbons (Fsp3) is 0.529. The molecule has 1 aromatic carbocycles. The standard InChI is InChI=1S/C17H22O/c1-13-11-15(14-7-3-2-4-8-14)12-17(18)10-6-5-9-16(13)17/h2-4,7-8,11,13,16,18H,5-6,9-10,12H2,1H3/t13?,16-,17-/m1/s1. The Morgan fingerprint density at radius 2 is 1.94 bits per heavy atom. The normalized spacial score (nSPS) is 35.8. The second-order valence-corrected chi connectivity index (χ2v) is 6.05. The monoisotopic (exact) mass is 242 g/mol. The van der Waals surface area contributed by atoms with Gasteiger partial charge in [0.15, 0.2) is 0 Å². The number of hydrogen-bond acceptors (Lipinski definition) is 1. The lowest BCUT2D eigenvalue weighted by Gasteiger charge is -2.46. The average Bonchev–Trinajstić information content (AvgIpc) is 2.39. The predicted octanol–water partition coefficient (Wildman–Crippen LogP) is 4.03. The van der Waals surface area contributed by atoms with Crippen LogP contribution in [-0.2, 0) is 0 Å². The van der Waals surface area contributed by atoms with Crippen LogP contribution in [-0.4, -0.2) is 10.7 Å². The molecule has 0 aliphatic heterocycles. The van der Waals surface area contributed by atoms with E-state index in [1.807, 2.05) is 0 Å². The van der Waals surface area contributed by atoms with Crippen LogP contribution in [0.2, 0.25) is 0 Å². The summed E-state index contributed by atoms with van der Waals surface area (Å²) < 4.78 is 0. The summed E-state index contributed by atoms with van der Waals surface area (Å²) in [5.74, 6) is 0.970. The molecule has 1 N–H and O–H groups in total. The minimum absolute atomic E-state index is 0.447. The van der Waals surface area contributed by atoms with Crippen molar-refractivity contribution in [1.29, 1.82) is 0 Å². The molecular formula is C17H22O. The van der Waals surface area contributed by atoms with Gasteiger partial charge in [-0.1, -0.05) is 56.2 Å². The lowest BCUT2D eigenvalue weighted by molar-refractivity contribution is -0.0617. The molecule has 0 heterocycles. The fourth-order valence-corrected chi connectivity index (χ4v) is 3.89. The van der Waals surface area contributed by atoms with Crippen LogP contribution in [0.3, 0.4) is 0 Å². The molecule has 0 aromatic heterocycles. The quantitative estimate of drug-likeness (QED) is 0.788. The summed E-state index contributed by atoms with van der Waals surface area (Å²) in [7, 11) is 0. The van der Waals surface area contributed by atoms with Crippen molar-refractivity contribution in [2.75, 3.05) is 0 Å². The van der Waals surface area contributed by atoms with Crippen molar-refractivity contribution in [2.45, 2.75) is 44.6 Å². The smallest absolute Gasteiger partial charge is 0.0721 e. The van der Waals surface area contributed by atoms with Crippen molar-refractivity contribution in [3.63, 3.8) is 0 Å². The third kappa shape index (κ3) is 2.01. The number of fused-ring (bicyclic) bond motifs is 1. The third-order valence-corrected chi connectivity index (χ3v) is 4.80. The molecule has 1 heteroatoms. The summed E-state index contributed by atoms with van der Waals surface area (Å²) in [6.07, 6.45) is 7.86. The van der Waals surface area contributed by atoms with E-state index in [1.54, 1.807) is 0 Å². The summed E-state index contributed by atoms with van der Waals surface area (Å²) >= 11 is 0. The van der Waals surface area contributed by atoms with E-state index in [1.165, 1.54) is 30.4 Å². The summed E-state index contributed by atoms with van der Waals surface area (Å²) in [6.45, 7) is 2.27. The zero-order valence-corrected chi connectivity index (χ0v) is 11.1. The van der Waals surface area contributed by atoms with Crippen molar-refractivity contribution in [1.82, 2.24) is 0 Å². The first-order valence-corrected chi connectivity index (χ1v) is 7.17. The highest BCUT2D eigenvalue weighted by Crippen LogP contribution is 2.48. The van der Waals surface area contributed by atoms with Gasteiger partial charge in [-0.2, -0.15) is 0 Å². The van der Waals surface area contributed by atoms with Gasteiger partial charge in [-0.25, -0.2) is 0 Å². The van der Waals surface area contributed by atoms with E-state index in [-0.39, 0.29) is 0 Å². The van der Waals surface area contributed by atoms with Crippen LogP contribution in [0, 0.1) is 11.8 Å². The van der Waals surface area contributed by atoms with Gasteiger partial charge in [-0.3, -0.25) is 0 Å². The van der Waals surface area contributed by atoms with Crippen molar-refractivity contribution in [3.8, 4) is 0 Å². The molecule has 2 aliphatic rings. The van der Waals surface area contributed by atoms with Crippen molar-refractivity contribution in [3.05, 3.63) is 42.0 Å². The minimum Gasteiger partial charge on any atom is -0.389 e. The van der Waals surface area contributed by atoms with E-state index in [9.17, 15) is 5.11 Å². The zero-order chi connectivity index (χ0) is 12.6. The highest BCUT2D eigenvalue weighted by atomic mass is 16.3. The second-order valence-electron chi connectivity index (χ2n) is 6.05. The van der Waals surface area contributed by atoms with Gasteiger partial charge in [0.2, 0.25) is 0 Å². The topological polar surface area (TPSA) is 20.2 Å². The summed E-state index contributed by atoms with van der Waals surface area (Å²) in [6, 6.07) is 10.5. The summed E-state index contributed by atoms with van der Waals surface area (Å²) in [5, 5.41) is 11.0. The van der Waals surface area contributed by atoms with E-state index >= 15 is 0 Å². The summed E-state index contributed by atoms with van der Waals surface area (Å²) in [4.78, 5) is 0. The molecule has 2 aliphatic carbocycles. The highest BCUT2D eigenvalue weighted by Gasteiger charge is 2.44. The minimum atomic E-state index is -0.447. The van der Waals surface area contributed by atoms with E-state index < -0.39 is 5.60 Å². The van der Waals surface area contributed by atoms with E-state index in [2.05, 4.69) is 43.3 Å². The zero-order valence-electron chi connectivity index (χ0n) is 11.1. The van der Waals surface area contributed by atoms with Crippen LogP contribution in [0.5, 0.6) is 0 Å². The van der Waals surface area contributed by atoms with Gasteiger partial charge in [0.1, 0.15) is 0 Å². The van der Waals surface area contributed by atoms with Crippen LogP contribution in [0.25, 0.3) is 5.57 Å². The van der Waals surface area contributed by atoms with Crippen molar-refractivity contribution in [2.24, 2.45) is 11.8 Å². The maximum Gasteiger partial charge on any atom is 0.0721 e. The number of benzene rings is 1. The lowest BCUT2D eigenvalue weighted by atomic mass is 9.63. The van der Waals surface area contributed by atoms with E-state index in [0.29, 0.717) is 11.8 Å². The number of hydrogen-bond donors (Lipinski definition) is 1. The molecule has 18 heavy (non-hydrogen) atoms. The molecule has 1 unspecified atom stereocenters. The van der Waals surface area contributed by atoms with Crippen LogP contribution in [0.1, 0.15) is 44.6 Å². The highest BCUT2D eigenvalue weighted by molar-refractivity contribution is 5.67. The first-order valence-electron chi connectivity index (χ1n) is 7.17. The molecule has 0 saturated heterocycles. The molecule has 1 fully saturated rings. The van der Waals surface area contributed by atoms with Gasteiger partial charge in [0.25, 0.3) is 0 Å². The molecule has 96 valence electrons. The van der Waals surface area contributed by atoms with Gasteiger partial charge in [0, 0.05) is 6.42 Å². The SMILES string of the molecule is CC1C=C(c2ccccc2)C[C@]2(O)CCCC[C@H]12. The third-order valence-electron chi connectivity index (χ3n) is 4.80. The van der Waals surface area contributed by atoms with Gasteiger partial charge in [0.05, 0.1) is 5.60 Å². The van der Waals surface area contributed by atoms with Gasteiger partial charge in [-0.05, 0) is 35.8 Å². The Hall–Kier alpha value is -1.08. The number of aliphatic hydroxyl groups is 1.